The molecule has 0 saturated heterocycles. The van der Waals surface area contributed by atoms with Crippen LogP contribution in [0.3, 0.4) is 0 Å². The lowest BCUT2D eigenvalue weighted by atomic mass is 10.1. The number of carbonyl (C=O) groups excluding carboxylic acids is 1. The number of amides is 1. The zero-order valence-corrected chi connectivity index (χ0v) is 20.3. The lowest BCUT2D eigenvalue weighted by Crippen LogP contribution is -2.26. The highest BCUT2D eigenvalue weighted by atomic mass is 32.2. The highest BCUT2D eigenvalue weighted by molar-refractivity contribution is 7.89. The van der Waals surface area contributed by atoms with Gasteiger partial charge in [-0.2, -0.15) is 5.10 Å². The maximum atomic E-state index is 12.6. The van der Waals surface area contributed by atoms with Crippen LogP contribution in [-0.2, 0) is 21.4 Å². The van der Waals surface area contributed by atoms with Crippen LogP contribution < -0.4 is 5.32 Å². The third-order valence-corrected chi connectivity index (χ3v) is 7.32. The standard InChI is InChI=1S/C27H26N4O3S/c1-30(2)35(33,34)25-16-10-9-13-22(25)19-28-26(32)18-17-23-20-31(24-14-7-4-8-15-24)29-27(23)21-11-5-3-6-12-21/h3-18,20H,19H2,1-2H3,(H,28,32)/b18-17+. The maximum absolute atomic E-state index is 12.6. The van der Waals surface area contributed by atoms with E-state index in [1.807, 2.05) is 66.9 Å². The smallest absolute Gasteiger partial charge is 0.244 e. The number of rotatable bonds is 8. The highest BCUT2D eigenvalue weighted by Gasteiger charge is 2.20. The van der Waals surface area contributed by atoms with E-state index in [0.717, 1.165) is 26.8 Å². The van der Waals surface area contributed by atoms with Crippen LogP contribution in [0.15, 0.2) is 102 Å². The lowest BCUT2D eigenvalue weighted by Gasteiger charge is -2.15. The molecule has 0 atom stereocenters. The first-order valence-electron chi connectivity index (χ1n) is 11.0. The van der Waals surface area contributed by atoms with Crippen LogP contribution in [0.25, 0.3) is 23.0 Å². The van der Waals surface area contributed by atoms with Gasteiger partial charge >= 0.3 is 0 Å². The summed E-state index contributed by atoms with van der Waals surface area (Å²) in [4.78, 5) is 12.8. The molecule has 0 aliphatic rings. The summed E-state index contributed by atoms with van der Waals surface area (Å²) < 4.78 is 28.1. The minimum Gasteiger partial charge on any atom is -0.348 e. The Morgan fingerprint density at radius 2 is 1.57 bits per heavy atom. The molecule has 7 nitrogen and oxygen atoms in total. The van der Waals surface area contributed by atoms with Gasteiger partial charge in [-0.15, -0.1) is 0 Å². The van der Waals surface area contributed by atoms with Gasteiger partial charge in [-0.05, 0) is 29.8 Å². The molecular weight excluding hydrogens is 460 g/mol. The van der Waals surface area contributed by atoms with Crippen molar-refractivity contribution >= 4 is 22.0 Å². The Labute approximate surface area is 205 Å². The van der Waals surface area contributed by atoms with Gasteiger partial charge in [-0.1, -0.05) is 66.7 Å². The van der Waals surface area contributed by atoms with Gasteiger partial charge < -0.3 is 5.32 Å². The molecule has 4 aromatic rings. The Morgan fingerprint density at radius 1 is 0.943 bits per heavy atom. The molecule has 0 unspecified atom stereocenters. The normalized spacial score (nSPS) is 11.7. The van der Waals surface area contributed by atoms with Crippen LogP contribution in [-0.4, -0.2) is 42.5 Å². The van der Waals surface area contributed by atoms with E-state index in [9.17, 15) is 13.2 Å². The average molecular weight is 487 g/mol. The number of benzene rings is 3. The molecule has 1 N–H and O–H groups in total. The molecule has 0 fully saturated rings. The van der Waals surface area contributed by atoms with Crippen LogP contribution in [0.2, 0.25) is 0 Å². The van der Waals surface area contributed by atoms with Crippen LogP contribution in [0.4, 0.5) is 0 Å². The second kappa shape index (κ2) is 10.5. The summed E-state index contributed by atoms with van der Waals surface area (Å²) in [6.07, 6.45) is 5.02. The average Bonchev–Trinajstić information content (AvgIpc) is 3.31. The molecule has 178 valence electrons. The Hall–Kier alpha value is -4.01. The predicted molar refractivity (Wildman–Crippen MR) is 137 cm³/mol. The van der Waals surface area contributed by atoms with Crippen molar-refractivity contribution in [2.24, 2.45) is 0 Å². The molecule has 4 rings (SSSR count). The molecule has 1 heterocycles. The molecule has 35 heavy (non-hydrogen) atoms. The molecule has 0 spiro atoms. The number of hydrogen-bond donors (Lipinski definition) is 1. The SMILES string of the molecule is CN(C)S(=O)(=O)c1ccccc1CNC(=O)/C=C/c1cn(-c2ccccc2)nc1-c1ccccc1. The number of sulfonamides is 1. The van der Waals surface area contributed by atoms with Crippen molar-refractivity contribution in [3.05, 3.63) is 108 Å². The number of carbonyl (C=O) groups is 1. The number of hydrogen-bond acceptors (Lipinski definition) is 4. The number of aromatic nitrogens is 2. The van der Waals surface area contributed by atoms with Gasteiger partial charge in [0.05, 0.1) is 16.3 Å². The highest BCUT2D eigenvalue weighted by Crippen LogP contribution is 2.25. The first-order valence-corrected chi connectivity index (χ1v) is 12.5. The molecule has 0 aliphatic carbocycles. The molecule has 3 aromatic carbocycles. The van der Waals surface area contributed by atoms with Crippen molar-refractivity contribution in [1.82, 2.24) is 19.4 Å². The van der Waals surface area contributed by atoms with Crippen LogP contribution >= 0.6 is 0 Å². The molecule has 0 saturated carbocycles. The molecule has 1 aromatic heterocycles. The third kappa shape index (κ3) is 5.56. The van der Waals surface area contributed by atoms with Crippen LogP contribution in [0.1, 0.15) is 11.1 Å². The lowest BCUT2D eigenvalue weighted by molar-refractivity contribution is -0.116. The Morgan fingerprint density at radius 3 is 2.26 bits per heavy atom. The fourth-order valence-electron chi connectivity index (χ4n) is 3.55. The van der Waals surface area contributed by atoms with Crippen molar-refractivity contribution < 1.29 is 13.2 Å². The van der Waals surface area contributed by atoms with Gasteiger partial charge in [0, 0.05) is 44.0 Å². The van der Waals surface area contributed by atoms with E-state index in [-0.39, 0.29) is 17.3 Å². The van der Waals surface area contributed by atoms with E-state index < -0.39 is 10.0 Å². The van der Waals surface area contributed by atoms with Crippen LogP contribution in [0.5, 0.6) is 0 Å². The van der Waals surface area contributed by atoms with Crippen molar-refractivity contribution in [3.8, 4) is 16.9 Å². The summed E-state index contributed by atoms with van der Waals surface area (Å²) in [6, 6.07) is 26.1. The molecule has 0 radical (unpaired) electrons. The van der Waals surface area contributed by atoms with E-state index in [0.29, 0.717) is 5.56 Å². The monoisotopic (exact) mass is 486 g/mol. The van der Waals surface area contributed by atoms with E-state index >= 15 is 0 Å². The Bertz CT molecular complexity index is 1440. The summed E-state index contributed by atoms with van der Waals surface area (Å²) in [6.45, 7) is 0.0846. The molecular formula is C27H26N4O3S. The number of para-hydroxylation sites is 1. The quantitative estimate of drug-likeness (QED) is 0.380. The first-order chi connectivity index (χ1) is 16.9. The van der Waals surface area contributed by atoms with E-state index in [2.05, 4.69) is 5.32 Å². The van der Waals surface area contributed by atoms with Gasteiger partial charge in [0.25, 0.3) is 0 Å². The molecule has 0 aliphatic heterocycles. The second-order valence-electron chi connectivity index (χ2n) is 8.03. The van der Waals surface area contributed by atoms with Crippen LogP contribution in [0, 0.1) is 0 Å². The first kappa shape index (κ1) is 24.1. The fraction of sp³-hybridized carbons (Fsp3) is 0.111. The van der Waals surface area contributed by atoms with E-state index in [1.165, 1.54) is 26.2 Å². The van der Waals surface area contributed by atoms with Crippen molar-refractivity contribution in [2.45, 2.75) is 11.4 Å². The van der Waals surface area contributed by atoms with E-state index in [4.69, 9.17) is 5.10 Å². The Balaban J connectivity index is 1.56. The zero-order chi connectivity index (χ0) is 24.8. The summed E-state index contributed by atoms with van der Waals surface area (Å²) >= 11 is 0. The van der Waals surface area contributed by atoms with Gasteiger partial charge in [0.15, 0.2) is 0 Å². The van der Waals surface area contributed by atoms with Gasteiger partial charge in [0.1, 0.15) is 0 Å². The van der Waals surface area contributed by atoms with Crippen molar-refractivity contribution in [3.63, 3.8) is 0 Å². The molecule has 1 amide bonds. The second-order valence-corrected chi connectivity index (χ2v) is 10.1. The van der Waals surface area contributed by atoms with Gasteiger partial charge in [-0.3, -0.25) is 4.79 Å². The summed E-state index contributed by atoms with van der Waals surface area (Å²) in [7, 11) is -0.659. The Kier molecular flexibility index (Phi) is 7.24. The topological polar surface area (TPSA) is 84.3 Å². The minimum atomic E-state index is -3.62. The summed E-state index contributed by atoms with van der Waals surface area (Å²) in [5, 5.41) is 7.52. The van der Waals surface area contributed by atoms with E-state index in [1.54, 1.807) is 29.0 Å². The van der Waals surface area contributed by atoms with Gasteiger partial charge in [0.2, 0.25) is 15.9 Å². The fourth-order valence-corrected chi connectivity index (χ4v) is 4.66. The largest absolute Gasteiger partial charge is 0.348 e. The maximum Gasteiger partial charge on any atom is 0.244 e. The minimum absolute atomic E-state index is 0.0846. The van der Waals surface area contributed by atoms with Crippen molar-refractivity contribution in [1.29, 1.82) is 0 Å². The molecule has 0 bridgehead atoms. The number of nitrogens with zero attached hydrogens (tertiary/aromatic N) is 3. The summed E-state index contributed by atoms with van der Waals surface area (Å²) in [5.41, 5.74) is 3.90. The summed E-state index contributed by atoms with van der Waals surface area (Å²) in [5.74, 6) is -0.339. The molecule has 8 heteroatoms. The predicted octanol–water partition coefficient (Wildman–Crippen LogP) is 4.12. The van der Waals surface area contributed by atoms with Gasteiger partial charge in [-0.25, -0.2) is 17.4 Å². The van der Waals surface area contributed by atoms with Crippen molar-refractivity contribution in [2.75, 3.05) is 14.1 Å². The third-order valence-electron chi connectivity index (χ3n) is 5.41. The zero-order valence-electron chi connectivity index (χ0n) is 19.5. The number of nitrogens with one attached hydrogen (secondary N) is 1.